The quantitative estimate of drug-likeness (QED) is 0.529. The maximum atomic E-state index is 5.38. The summed E-state index contributed by atoms with van der Waals surface area (Å²) in [7, 11) is 1.69. The monoisotopic (exact) mass is 373 g/mol. The van der Waals surface area contributed by atoms with Crippen molar-refractivity contribution < 1.29 is 4.74 Å². The van der Waals surface area contributed by atoms with Crippen molar-refractivity contribution in [2.45, 2.75) is 13.3 Å². The zero-order chi connectivity index (χ0) is 17.6. The Morgan fingerprint density at radius 1 is 1.40 bits per heavy atom. The lowest BCUT2D eigenvalue weighted by Crippen LogP contribution is -2.29. The summed E-state index contributed by atoms with van der Waals surface area (Å²) in [5, 5.41) is 9.28. The van der Waals surface area contributed by atoms with Crippen LogP contribution in [0.4, 0.5) is 0 Å². The van der Waals surface area contributed by atoms with Crippen LogP contribution in [0.15, 0.2) is 36.8 Å². The molecule has 0 aliphatic heterocycles. The lowest BCUT2D eigenvalue weighted by atomic mass is 10.3. The molecule has 0 radical (unpaired) electrons. The normalized spacial score (nSPS) is 10.8. The minimum absolute atomic E-state index is 0.581. The number of nitrogens with zero attached hydrogens (tertiary/aromatic N) is 4. The largest absolute Gasteiger partial charge is 0.385 e. The van der Waals surface area contributed by atoms with Gasteiger partial charge in [-0.2, -0.15) is 5.10 Å². The molecule has 130 valence electrons. The number of rotatable bonds is 6. The van der Waals surface area contributed by atoms with Gasteiger partial charge in [0.05, 0.1) is 10.6 Å². The van der Waals surface area contributed by atoms with Gasteiger partial charge in [-0.25, -0.2) is 9.67 Å². The lowest BCUT2D eigenvalue weighted by Gasteiger charge is -2.06. The highest BCUT2D eigenvalue weighted by Gasteiger charge is 2.14. The molecule has 8 heteroatoms. The van der Waals surface area contributed by atoms with E-state index in [0.717, 1.165) is 39.8 Å². The third-order valence-corrected chi connectivity index (χ3v) is 5.10. The molecule has 0 unspecified atom stereocenters. The van der Waals surface area contributed by atoms with E-state index in [-0.39, 0.29) is 0 Å². The average Bonchev–Trinajstić information content (AvgIpc) is 3.26. The fourth-order valence-corrected chi connectivity index (χ4v) is 3.52. The minimum Gasteiger partial charge on any atom is -0.385 e. The Balaban J connectivity index is 1.74. The number of thiazole rings is 1. The van der Waals surface area contributed by atoms with Gasteiger partial charge < -0.3 is 10.1 Å². The number of thiocarbonyl (C=S) groups is 1. The van der Waals surface area contributed by atoms with E-state index in [2.05, 4.69) is 20.4 Å². The summed E-state index contributed by atoms with van der Waals surface area (Å²) in [5.74, 6) is 0. The lowest BCUT2D eigenvalue weighted by molar-refractivity contribution is 0.195. The van der Waals surface area contributed by atoms with Gasteiger partial charge in [-0.05, 0) is 43.8 Å². The third kappa shape index (κ3) is 4.28. The first kappa shape index (κ1) is 17.7. The topological polar surface area (TPSA) is 64.9 Å². The molecule has 1 N–H and O–H groups in total. The van der Waals surface area contributed by atoms with Gasteiger partial charge in [0.25, 0.3) is 0 Å². The van der Waals surface area contributed by atoms with Crippen molar-refractivity contribution in [2.24, 2.45) is 0 Å². The maximum Gasteiger partial charge on any atom is 0.193 e. The van der Waals surface area contributed by atoms with Crippen molar-refractivity contribution in [1.29, 1.82) is 0 Å². The first-order valence-corrected chi connectivity index (χ1v) is 9.12. The summed E-state index contributed by atoms with van der Waals surface area (Å²) >= 11 is 6.98. The smallest absolute Gasteiger partial charge is 0.193 e. The van der Waals surface area contributed by atoms with Gasteiger partial charge in [-0.1, -0.05) is 0 Å². The van der Waals surface area contributed by atoms with Crippen LogP contribution in [-0.2, 0) is 4.74 Å². The highest BCUT2D eigenvalue weighted by atomic mass is 32.1. The standard InChI is InChI=1S/C17H19N5OS2/c1-12-15(25-16(20-12)13-5-3-7-18-11-13)14-6-9-22(21-14)17(24)19-8-4-10-23-2/h3,5-7,9,11H,4,8,10H2,1-2H3,(H,19,24). The predicted octanol–water partition coefficient (Wildman–Crippen LogP) is 3.14. The molecule has 0 aromatic carbocycles. The molecule has 0 fully saturated rings. The number of methoxy groups -OCH3 is 1. The molecule has 3 aromatic heterocycles. The number of nitrogens with one attached hydrogen (secondary N) is 1. The predicted molar refractivity (Wildman–Crippen MR) is 104 cm³/mol. The van der Waals surface area contributed by atoms with Gasteiger partial charge in [0.1, 0.15) is 10.7 Å². The van der Waals surface area contributed by atoms with Crippen LogP contribution in [0.5, 0.6) is 0 Å². The minimum atomic E-state index is 0.581. The number of hydrogen-bond donors (Lipinski definition) is 1. The first-order valence-electron chi connectivity index (χ1n) is 7.90. The molecule has 0 aliphatic rings. The van der Waals surface area contributed by atoms with E-state index in [1.807, 2.05) is 37.5 Å². The van der Waals surface area contributed by atoms with Gasteiger partial charge in [-0.15, -0.1) is 11.3 Å². The molecule has 3 heterocycles. The van der Waals surface area contributed by atoms with E-state index in [1.165, 1.54) is 0 Å². The molecule has 0 atom stereocenters. The Morgan fingerprint density at radius 2 is 2.28 bits per heavy atom. The molecule has 0 amide bonds. The molecule has 25 heavy (non-hydrogen) atoms. The number of ether oxygens (including phenoxy) is 1. The summed E-state index contributed by atoms with van der Waals surface area (Å²) in [4.78, 5) is 9.84. The Morgan fingerprint density at radius 3 is 3.04 bits per heavy atom. The van der Waals surface area contributed by atoms with Gasteiger partial charge in [0.2, 0.25) is 0 Å². The SMILES string of the molecule is COCCCNC(=S)n1ccc(-c2sc(-c3cccnc3)nc2C)n1. The molecule has 6 nitrogen and oxygen atoms in total. The van der Waals surface area contributed by atoms with Crippen LogP contribution >= 0.6 is 23.6 Å². The van der Waals surface area contributed by atoms with E-state index in [4.69, 9.17) is 17.0 Å². The summed E-state index contributed by atoms with van der Waals surface area (Å²) < 4.78 is 6.71. The van der Waals surface area contributed by atoms with Gasteiger partial charge in [0.15, 0.2) is 5.11 Å². The van der Waals surface area contributed by atoms with E-state index in [1.54, 1.807) is 29.3 Å². The molecule has 0 saturated carbocycles. The van der Waals surface area contributed by atoms with E-state index < -0.39 is 0 Å². The van der Waals surface area contributed by atoms with Crippen molar-refractivity contribution in [2.75, 3.05) is 20.3 Å². The molecule has 3 rings (SSSR count). The Labute approximate surface area is 155 Å². The fourth-order valence-electron chi connectivity index (χ4n) is 2.30. The molecular weight excluding hydrogens is 354 g/mol. The zero-order valence-corrected chi connectivity index (χ0v) is 15.7. The summed E-state index contributed by atoms with van der Waals surface area (Å²) in [5.41, 5.74) is 2.83. The third-order valence-electron chi connectivity index (χ3n) is 3.54. The Bertz CT molecular complexity index is 844. The highest BCUT2D eigenvalue weighted by Crippen LogP contribution is 2.33. The van der Waals surface area contributed by atoms with Crippen LogP contribution in [0.1, 0.15) is 12.1 Å². The number of hydrogen-bond acceptors (Lipinski definition) is 6. The first-order chi connectivity index (χ1) is 12.2. The number of pyridine rings is 1. The molecule has 0 aliphatic carbocycles. The van der Waals surface area contributed by atoms with Gasteiger partial charge >= 0.3 is 0 Å². The van der Waals surface area contributed by atoms with Gasteiger partial charge in [0, 0.05) is 44.4 Å². The van der Waals surface area contributed by atoms with Crippen LogP contribution in [0.3, 0.4) is 0 Å². The second-order valence-electron chi connectivity index (χ2n) is 5.40. The Hall–Kier alpha value is -2.16. The van der Waals surface area contributed by atoms with Crippen LogP contribution in [0.25, 0.3) is 21.1 Å². The number of aromatic nitrogens is 4. The van der Waals surface area contributed by atoms with Crippen molar-refractivity contribution in [1.82, 2.24) is 25.1 Å². The molecule has 0 bridgehead atoms. The van der Waals surface area contributed by atoms with Crippen molar-refractivity contribution in [3.63, 3.8) is 0 Å². The highest BCUT2D eigenvalue weighted by molar-refractivity contribution is 7.80. The van der Waals surface area contributed by atoms with Crippen molar-refractivity contribution >= 4 is 28.7 Å². The fraction of sp³-hybridized carbons (Fsp3) is 0.294. The second-order valence-corrected chi connectivity index (χ2v) is 6.78. The summed E-state index contributed by atoms with van der Waals surface area (Å²) in [6, 6.07) is 5.87. The second kappa shape index (κ2) is 8.28. The Kier molecular flexibility index (Phi) is 5.85. The van der Waals surface area contributed by atoms with Gasteiger partial charge in [-0.3, -0.25) is 4.98 Å². The zero-order valence-electron chi connectivity index (χ0n) is 14.1. The molecule has 0 saturated heterocycles. The molecule has 3 aromatic rings. The van der Waals surface area contributed by atoms with Crippen LogP contribution in [0, 0.1) is 6.92 Å². The number of aryl methyl sites for hydroxylation is 1. The van der Waals surface area contributed by atoms with Crippen molar-refractivity contribution in [3.05, 3.63) is 42.5 Å². The maximum absolute atomic E-state index is 5.38. The molecular formula is C17H19N5OS2. The van der Waals surface area contributed by atoms with E-state index in [0.29, 0.717) is 11.7 Å². The average molecular weight is 374 g/mol. The van der Waals surface area contributed by atoms with E-state index >= 15 is 0 Å². The van der Waals surface area contributed by atoms with Crippen LogP contribution in [-0.4, -0.2) is 45.1 Å². The summed E-state index contributed by atoms with van der Waals surface area (Å²) in [6.45, 7) is 3.45. The molecule has 0 spiro atoms. The summed E-state index contributed by atoms with van der Waals surface area (Å²) in [6.07, 6.45) is 6.34. The van der Waals surface area contributed by atoms with Crippen molar-refractivity contribution in [3.8, 4) is 21.1 Å². The van der Waals surface area contributed by atoms with E-state index in [9.17, 15) is 0 Å². The van der Waals surface area contributed by atoms with Crippen LogP contribution < -0.4 is 5.32 Å². The van der Waals surface area contributed by atoms with Crippen LogP contribution in [0.2, 0.25) is 0 Å².